The lowest BCUT2D eigenvalue weighted by Crippen LogP contribution is -1.95. The minimum absolute atomic E-state index is 0.248. The van der Waals surface area contributed by atoms with Crippen LogP contribution in [0, 0.1) is 5.82 Å². The van der Waals surface area contributed by atoms with Gasteiger partial charge in [0.05, 0.1) is 12.5 Å². The Morgan fingerprint density at radius 1 is 1.14 bits per heavy atom. The molecular formula is C16H11Cl2FOS. The molecule has 0 saturated carbocycles. The van der Waals surface area contributed by atoms with E-state index < -0.39 is 0 Å². The Morgan fingerprint density at radius 3 is 2.71 bits per heavy atom. The minimum atomic E-state index is -0.390. The Bertz CT molecular complexity index is 800. The van der Waals surface area contributed by atoms with Crippen LogP contribution >= 0.6 is 34.5 Å². The molecule has 21 heavy (non-hydrogen) atoms. The van der Waals surface area contributed by atoms with Gasteiger partial charge in [0, 0.05) is 20.2 Å². The molecule has 1 nitrogen and oxygen atoms in total. The van der Waals surface area contributed by atoms with Crippen molar-refractivity contribution in [2.75, 3.05) is 7.11 Å². The Morgan fingerprint density at radius 2 is 1.95 bits per heavy atom. The van der Waals surface area contributed by atoms with Crippen LogP contribution in [0.15, 0.2) is 42.5 Å². The van der Waals surface area contributed by atoms with E-state index in [0.29, 0.717) is 10.8 Å². The summed E-state index contributed by atoms with van der Waals surface area (Å²) in [5.41, 5.74) is 0.804. The van der Waals surface area contributed by atoms with E-state index in [9.17, 15) is 4.39 Å². The van der Waals surface area contributed by atoms with Crippen molar-refractivity contribution in [3.8, 4) is 5.75 Å². The maximum absolute atomic E-state index is 13.3. The second-order valence-electron chi connectivity index (χ2n) is 4.58. The van der Waals surface area contributed by atoms with Crippen LogP contribution in [0.2, 0.25) is 5.02 Å². The summed E-state index contributed by atoms with van der Waals surface area (Å²) in [6.07, 6.45) is 0. The number of halogens is 3. The first-order chi connectivity index (χ1) is 10.1. The Balaban J connectivity index is 2.07. The van der Waals surface area contributed by atoms with E-state index in [1.54, 1.807) is 31.4 Å². The third kappa shape index (κ3) is 2.86. The zero-order valence-corrected chi connectivity index (χ0v) is 13.4. The maximum atomic E-state index is 13.3. The van der Waals surface area contributed by atoms with Gasteiger partial charge in [-0.05, 0) is 41.8 Å². The van der Waals surface area contributed by atoms with E-state index in [0.717, 1.165) is 20.5 Å². The van der Waals surface area contributed by atoms with Crippen molar-refractivity contribution in [2.24, 2.45) is 0 Å². The second kappa shape index (κ2) is 5.84. The van der Waals surface area contributed by atoms with Gasteiger partial charge in [0.1, 0.15) is 11.6 Å². The lowest BCUT2D eigenvalue weighted by Gasteiger charge is -2.13. The van der Waals surface area contributed by atoms with Gasteiger partial charge < -0.3 is 4.74 Å². The molecule has 2 aromatic carbocycles. The number of fused-ring (bicyclic) bond motifs is 1. The van der Waals surface area contributed by atoms with Crippen LogP contribution in [-0.4, -0.2) is 7.11 Å². The van der Waals surface area contributed by atoms with Crippen molar-refractivity contribution in [1.29, 1.82) is 0 Å². The highest BCUT2D eigenvalue weighted by molar-refractivity contribution is 7.19. The molecule has 0 fully saturated rings. The number of methoxy groups -OCH3 is 1. The molecule has 1 atom stereocenters. The van der Waals surface area contributed by atoms with Gasteiger partial charge in [-0.2, -0.15) is 0 Å². The average molecular weight is 341 g/mol. The molecule has 0 N–H and O–H groups in total. The molecule has 3 rings (SSSR count). The smallest absolute Gasteiger partial charge is 0.124 e. The number of ether oxygens (including phenoxy) is 1. The number of hydrogen-bond donors (Lipinski definition) is 0. The Hall–Kier alpha value is -1.29. The van der Waals surface area contributed by atoms with Crippen molar-refractivity contribution >= 4 is 44.6 Å². The van der Waals surface area contributed by atoms with Crippen molar-refractivity contribution in [3.63, 3.8) is 0 Å². The average Bonchev–Trinajstić information content (AvgIpc) is 2.89. The third-order valence-electron chi connectivity index (χ3n) is 3.22. The van der Waals surface area contributed by atoms with E-state index in [-0.39, 0.29) is 11.2 Å². The van der Waals surface area contributed by atoms with Crippen molar-refractivity contribution < 1.29 is 9.13 Å². The first-order valence-electron chi connectivity index (χ1n) is 6.25. The first-order valence-corrected chi connectivity index (χ1v) is 7.88. The van der Waals surface area contributed by atoms with Gasteiger partial charge in [0.15, 0.2) is 0 Å². The Kier molecular flexibility index (Phi) is 4.07. The van der Waals surface area contributed by atoms with E-state index in [4.69, 9.17) is 27.9 Å². The molecule has 1 unspecified atom stereocenters. The highest BCUT2D eigenvalue weighted by Gasteiger charge is 2.18. The lowest BCUT2D eigenvalue weighted by atomic mass is 10.1. The summed E-state index contributed by atoms with van der Waals surface area (Å²) in [7, 11) is 1.59. The van der Waals surface area contributed by atoms with Crippen LogP contribution in [0.3, 0.4) is 0 Å². The zero-order chi connectivity index (χ0) is 15.0. The van der Waals surface area contributed by atoms with E-state index in [1.807, 2.05) is 6.07 Å². The van der Waals surface area contributed by atoms with Gasteiger partial charge in [0.2, 0.25) is 0 Å². The number of benzene rings is 2. The second-order valence-corrected chi connectivity index (χ2v) is 6.57. The number of thiophene rings is 1. The lowest BCUT2D eigenvalue weighted by molar-refractivity contribution is 0.410. The van der Waals surface area contributed by atoms with Crippen molar-refractivity contribution in [1.82, 2.24) is 0 Å². The van der Waals surface area contributed by atoms with Crippen molar-refractivity contribution in [2.45, 2.75) is 5.38 Å². The van der Waals surface area contributed by atoms with Gasteiger partial charge in [-0.3, -0.25) is 0 Å². The molecule has 5 heteroatoms. The van der Waals surface area contributed by atoms with Gasteiger partial charge in [-0.1, -0.05) is 17.7 Å². The molecule has 0 saturated heterocycles. The van der Waals surface area contributed by atoms with Crippen molar-refractivity contribution in [3.05, 3.63) is 63.7 Å². The standard InChI is InChI=1S/C16H11Cl2FOS/c1-20-13-5-3-10(17)7-12(13)16(18)15-6-9-2-4-11(19)8-14(9)21-15/h2-8,16H,1H3. The fourth-order valence-electron chi connectivity index (χ4n) is 2.21. The van der Waals surface area contributed by atoms with E-state index in [2.05, 4.69) is 0 Å². The Labute approximate surface area is 135 Å². The van der Waals surface area contributed by atoms with Gasteiger partial charge >= 0.3 is 0 Å². The van der Waals surface area contributed by atoms with Crippen LogP contribution in [0.4, 0.5) is 4.39 Å². The molecule has 1 heterocycles. The summed E-state index contributed by atoms with van der Waals surface area (Å²) < 4.78 is 19.5. The highest BCUT2D eigenvalue weighted by Crippen LogP contribution is 2.41. The quantitative estimate of drug-likeness (QED) is 0.529. The SMILES string of the molecule is COc1ccc(Cl)cc1C(Cl)c1cc2ccc(F)cc2s1. The molecule has 0 bridgehead atoms. The third-order valence-corrected chi connectivity index (χ3v) is 5.21. The summed E-state index contributed by atoms with van der Waals surface area (Å²) in [5, 5.41) is 1.19. The van der Waals surface area contributed by atoms with E-state index >= 15 is 0 Å². The molecule has 0 spiro atoms. The molecule has 1 aromatic heterocycles. The van der Waals surface area contributed by atoms with Gasteiger partial charge in [-0.25, -0.2) is 4.39 Å². The normalized spacial score (nSPS) is 12.6. The highest BCUT2D eigenvalue weighted by atomic mass is 35.5. The maximum Gasteiger partial charge on any atom is 0.124 e. The number of rotatable bonds is 3. The van der Waals surface area contributed by atoms with Crippen LogP contribution < -0.4 is 4.74 Å². The molecule has 0 aliphatic rings. The molecule has 0 amide bonds. The van der Waals surface area contributed by atoms with Crippen LogP contribution in [0.5, 0.6) is 5.75 Å². The predicted octanol–water partition coefficient (Wildman–Crippen LogP) is 6.03. The number of hydrogen-bond acceptors (Lipinski definition) is 2. The monoisotopic (exact) mass is 340 g/mol. The largest absolute Gasteiger partial charge is 0.496 e. The summed E-state index contributed by atoms with van der Waals surface area (Å²) in [5.74, 6) is 0.436. The fourth-order valence-corrected chi connectivity index (χ4v) is 3.84. The molecular weight excluding hydrogens is 330 g/mol. The van der Waals surface area contributed by atoms with Gasteiger partial charge in [0.25, 0.3) is 0 Å². The molecule has 108 valence electrons. The van der Waals surface area contributed by atoms with Gasteiger partial charge in [-0.15, -0.1) is 22.9 Å². The molecule has 0 aliphatic carbocycles. The van der Waals surface area contributed by atoms with Crippen LogP contribution in [-0.2, 0) is 0 Å². The summed E-state index contributed by atoms with van der Waals surface area (Å²) in [6.45, 7) is 0. The van der Waals surface area contributed by atoms with Crippen LogP contribution in [0.1, 0.15) is 15.8 Å². The summed E-state index contributed by atoms with van der Waals surface area (Å²) >= 11 is 14.1. The topological polar surface area (TPSA) is 9.23 Å². The fraction of sp³-hybridized carbons (Fsp3) is 0.125. The number of alkyl halides is 1. The predicted molar refractivity (Wildman–Crippen MR) is 87.5 cm³/mol. The molecule has 0 aliphatic heterocycles. The summed E-state index contributed by atoms with van der Waals surface area (Å²) in [4.78, 5) is 0.929. The minimum Gasteiger partial charge on any atom is -0.496 e. The van der Waals surface area contributed by atoms with E-state index in [1.165, 1.54) is 23.5 Å². The molecule has 0 radical (unpaired) electrons. The zero-order valence-electron chi connectivity index (χ0n) is 11.1. The van der Waals surface area contributed by atoms with Crippen LogP contribution in [0.25, 0.3) is 10.1 Å². The first kappa shape index (κ1) is 14.6. The summed E-state index contributed by atoms with van der Waals surface area (Å²) in [6, 6.07) is 12.0. The molecule has 3 aromatic rings.